The van der Waals surface area contributed by atoms with Crippen molar-refractivity contribution < 1.29 is 0 Å². The van der Waals surface area contributed by atoms with Gasteiger partial charge in [0.25, 0.3) is 5.56 Å². The van der Waals surface area contributed by atoms with E-state index in [1.165, 1.54) is 33.3 Å². The Bertz CT molecular complexity index is 1070. The van der Waals surface area contributed by atoms with Gasteiger partial charge in [-0.3, -0.25) is 10.2 Å². The minimum absolute atomic E-state index is 0.0935. The zero-order valence-corrected chi connectivity index (χ0v) is 17.7. The summed E-state index contributed by atoms with van der Waals surface area (Å²) in [6, 6.07) is 7.20. The zero-order chi connectivity index (χ0) is 19.0. The van der Waals surface area contributed by atoms with E-state index in [2.05, 4.69) is 10.7 Å². The Morgan fingerprint density at radius 1 is 1.30 bits per heavy atom. The number of nitrogens with zero attached hydrogens (tertiary/aromatic N) is 2. The number of anilines is 1. The van der Waals surface area contributed by atoms with Crippen LogP contribution in [0.5, 0.6) is 0 Å². The molecule has 0 aliphatic heterocycles. The summed E-state index contributed by atoms with van der Waals surface area (Å²) in [5.41, 5.74) is 4.86. The van der Waals surface area contributed by atoms with Gasteiger partial charge in [-0.1, -0.05) is 23.4 Å². The van der Waals surface area contributed by atoms with Crippen LogP contribution in [0.1, 0.15) is 23.3 Å². The maximum absolute atomic E-state index is 13.2. The van der Waals surface area contributed by atoms with Gasteiger partial charge < -0.3 is 5.32 Å². The van der Waals surface area contributed by atoms with Crippen molar-refractivity contribution in [3.8, 4) is 0 Å². The minimum atomic E-state index is -0.0935. The summed E-state index contributed by atoms with van der Waals surface area (Å²) >= 11 is 14.4. The van der Waals surface area contributed by atoms with E-state index in [1.807, 2.05) is 18.4 Å². The second-order valence-corrected chi connectivity index (χ2v) is 8.90. The minimum Gasteiger partial charge on any atom is -0.331 e. The second kappa shape index (κ2) is 7.79. The van der Waals surface area contributed by atoms with Gasteiger partial charge in [0, 0.05) is 15.6 Å². The van der Waals surface area contributed by atoms with Crippen LogP contribution in [0, 0.1) is 0 Å². The molecule has 0 radical (unpaired) electrons. The molecule has 0 unspecified atom stereocenters. The molecule has 0 saturated heterocycles. The molecule has 9 heteroatoms. The first-order chi connectivity index (χ1) is 13.1. The first kappa shape index (κ1) is 18.7. The molecule has 2 heterocycles. The monoisotopic (exact) mass is 436 g/mol. The Labute approximate surface area is 175 Å². The zero-order valence-electron chi connectivity index (χ0n) is 14.5. The first-order valence-electron chi connectivity index (χ1n) is 8.51. The largest absolute Gasteiger partial charge is 0.331 e. The summed E-state index contributed by atoms with van der Waals surface area (Å²) in [7, 11) is 0. The summed E-state index contributed by atoms with van der Waals surface area (Å²) in [6.07, 6.45) is 6.17. The van der Waals surface area contributed by atoms with Gasteiger partial charge >= 0.3 is 0 Å². The van der Waals surface area contributed by atoms with Crippen LogP contribution in [0.4, 0.5) is 5.69 Å². The molecule has 0 atom stereocenters. The molecular formula is C18H17ClN4OS3. The van der Waals surface area contributed by atoms with E-state index < -0.39 is 0 Å². The fourth-order valence-electron chi connectivity index (χ4n) is 3.22. The Balaban J connectivity index is 1.69. The molecule has 5 nitrogen and oxygen atoms in total. The molecule has 1 aromatic carbocycles. The van der Waals surface area contributed by atoms with E-state index in [4.69, 9.17) is 28.8 Å². The number of thiocarbonyl (C=S) groups is 1. The number of nitrogens with one attached hydrogen (secondary N) is 2. The summed E-state index contributed by atoms with van der Waals surface area (Å²) in [5.74, 6) is 0. The lowest BCUT2D eigenvalue weighted by molar-refractivity contribution is 0.698. The maximum Gasteiger partial charge on any atom is 0.282 e. The Hall–Kier alpha value is -1.61. The molecule has 0 amide bonds. The van der Waals surface area contributed by atoms with Crippen LogP contribution in [-0.4, -0.2) is 21.0 Å². The topological polar surface area (TPSA) is 59.0 Å². The molecule has 1 aliphatic carbocycles. The van der Waals surface area contributed by atoms with Gasteiger partial charge in [0.2, 0.25) is 0 Å². The van der Waals surface area contributed by atoms with Gasteiger partial charge in [0.15, 0.2) is 10.3 Å². The van der Waals surface area contributed by atoms with Gasteiger partial charge in [-0.25, -0.2) is 4.98 Å². The number of aryl methyl sites for hydroxylation is 2. The van der Waals surface area contributed by atoms with Crippen LogP contribution in [0.15, 0.2) is 34.2 Å². The van der Waals surface area contributed by atoms with Crippen LogP contribution in [0.3, 0.4) is 0 Å². The Kier molecular flexibility index (Phi) is 5.41. The summed E-state index contributed by atoms with van der Waals surface area (Å²) < 4.78 is 1.44. The van der Waals surface area contributed by atoms with E-state index in [1.54, 1.807) is 23.5 Å². The summed E-state index contributed by atoms with van der Waals surface area (Å²) in [6.45, 7) is 0. The summed E-state index contributed by atoms with van der Waals surface area (Å²) in [5, 5.41) is 5.36. The lowest BCUT2D eigenvalue weighted by Crippen LogP contribution is -2.37. The highest BCUT2D eigenvalue weighted by atomic mass is 35.5. The van der Waals surface area contributed by atoms with Crippen molar-refractivity contribution in [3.63, 3.8) is 0 Å². The normalized spacial score (nSPS) is 13.4. The maximum atomic E-state index is 13.2. The number of benzene rings is 1. The van der Waals surface area contributed by atoms with Crippen molar-refractivity contribution in [1.82, 2.24) is 9.66 Å². The molecule has 2 N–H and O–H groups in total. The number of halogens is 1. The van der Waals surface area contributed by atoms with E-state index in [0.29, 0.717) is 15.3 Å². The Morgan fingerprint density at radius 3 is 2.78 bits per heavy atom. The molecule has 27 heavy (non-hydrogen) atoms. The van der Waals surface area contributed by atoms with Crippen molar-refractivity contribution in [2.24, 2.45) is 0 Å². The second-order valence-electron chi connectivity index (χ2n) is 6.20. The fraction of sp³-hybridized carbons (Fsp3) is 0.278. The third-order valence-electron chi connectivity index (χ3n) is 4.46. The fourth-order valence-corrected chi connectivity index (χ4v) is 5.35. The molecule has 0 bridgehead atoms. The third-order valence-corrected chi connectivity index (χ3v) is 6.73. The number of thiophene rings is 1. The average Bonchev–Trinajstić information content (AvgIpc) is 3.04. The highest BCUT2D eigenvalue weighted by Crippen LogP contribution is 2.34. The van der Waals surface area contributed by atoms with Gasteiger partial charge in [-0.15, -0.1) is 11.3 Å². The lowest BCUT2D eigenvalue weighted by Gasteiger charge is -2.15. The highest BCUT2D eigenvalue weighted by Gasteiger charge is 2.22. The third kappa shape index (κ3) is 3.71. The van der Waals surface area contributed by atoms with Crippen molar-refractivity contribution >= 4 is 67.9 Å². The smallest absolute Gasteiger partial charge is 0.282 e. The van der Waals surface area contributed by atoms with Crippen LogP contribution in [-0.2, 0) is 12.8 Å². The molecule has 1 aliphatic rings. The molecule has 0 fully saturated rings. The molecule has 140 valence electrons. The van der Waals surface area contributed by atoms with E-state index >= 15 is 0 Å². The number of thioether (sulfide) groups is 1. The van der Waals surface area contributed by atoms with E-state index in [-0.39, 0.29) is 5.56 Å². The molecular weight excluding hydrogens is 420 g/mol. The number of hydrogen-bond donors (Lipinski definition) is 2. The van der Waals surface area contributed by atoms with Crippen LogP contribution < -0.4 is 16.3 Å². The van der Waals surface area contributed by atoms with Crippen molar-refractivity contribution in [2.75, 3.05) is 17.0 Å². The Morgan fingerprint density at radius 2 is 2.04 bits per heavy atom. The standard InChI is InChI=1S/C18H17ClN4OS3/c1-26-18-21-15-14(12-4-2-3-5-13(12)27-15)16(24)23(18)22-17(25)20-11-8-6-10(19)7-9-11/h6-9H,2-5H2,1H3,(H2,20,22,25). The van der Waals surface area contributed by atoms with Crippen molar-refractivity contribution in [3.05, 3.63) is 50.1 Å². The van der Waals surface area contributed by atoms with E-state index in [0.717, 1.165) is 35.2 Å². The molecule has 2 aromatic heterocycles. The van der Waals surface area contributed by atoms with Crippen LogP contribution in [0.2, 0.25) is 5.02 Å². The predicted octanol–water partition coefficient (Wildman–Crippen LogP) is 4.65. The predicted molar refractivity (Wildman–Crippen MR) is 119 cm³/mol. The molecule has 3 aromatic rings. The SMILES string of the molecule is CSc1nc2sc3c(c2c(=O)n1NC(=S)Nc1ccc(Cl)cc1)CCCC3. The van der Waals surface area contributed by atoms with Crippen molar-refractivity contribution in [2.45, 2.75) is 30.8 Å². The molecule has 0 saturated carbocycles. The molecule has 0 spiro atoms. The highest BCUT2D eigenvalue weighted by molar-refractivity contribution is 7.98. The van der Waals surface area contributed by atoms with Crippen molar-refractivity contribution in [1.29, 1.82) is 0 Å². The number of aromatic nitrogens is 2. The van der Waals surface area contributed by atoms with Gasteiger partial charge in [-0.2, -0.15) is 4.68 Å². The number of hydrogen-bond acceptors (Lipinski definition) is 5. The first-order valence-corrected chi connectivity index (χ1v) is 11.3. The average molecular weight is 437 g/mol. The van der Waals surface area contributed by atoms with E-state index in [9.17, 15) is 4.79 Å². The van der Waals surface area contributed by atoms with Gasteiger partial charge in [-0.05, 0) is 74.0 Å². The lowest BCUT2D eigenvalue weighted by atomic mass is 9.97. The molecule has 4 rings (SSSR count). The van der Waals surface area contributed by atoms with Crippen LogP contribution >= 0.6 is 46.9 Å². The number of fused-ring (bicyclic) bond motifs is 3. The summed E-state index contributed by atoms with van der Waals surface area (Å²) in [4.78, 5) is 20.1. The van der Waals surface area contributed by atoms with Gasteiger partial charge in [0.05, 0.1) is 5.39 Å². The van der Waals surface area contributed by atoms with Crippen LogP contribution in [0.25, 0.3) is 10.2 Å². The number of rotatable bonds is 3. The van der Waals surface area contributed by atoms with Gasteiger partial charge in [0.1, 0.15) is 4.83 Å². The quantitative estimate of drug-likeness (QED) is 0.354.